The smallest absolute Gasteiger partial charge is 0.246 e. The Labute approximate surface area is 160 Å². The highest BCUT2D eigenvalue weighted by Gasteiger charge is 2.04. The fourth-order valence-electron chi connectivity index (χ4n) is 1.98. The largest absolute Gasteiger partial charge is 0.394 e. The van der Waals surface area contributed by atoms with E-state index in [0.717, 1.165) is 25.5 Å². The van der Waals surface area contributed by atoms with Gasteiger partial charge in [-0.1, -0.05) is 0 Å². The summed E-state index contributed by atoms with van der Waals surface area (Å²) in [4.78, 5) is 33.4. The minimum Gasteiger partial charge on any atom is -0.394 e. The van der Waals surface area contributed by atoms with Crippen LogP contribution in [0.1, 0.15) is 19.3 Å². The van der Waals surface area contributed by atoms with E-state index < -0.39 is 0 Å². The molecule has 27 heavy (non-hydrogen) atoms. The number of carbonyl (C=O) groups is 3. The van der Waals surface area contributed by atoms with Gasteiger partial charge >= 0.3 is 0 Å². The standard InChI is InChI=1S/C17H33N3O7/c1-18-15(12-22)4-2-3-5-19-16(23)14-27-11-10-25-8-6-20-17(24)13-26-9-7-21/h12,15,18,21H,2-11,13-14H2,1H3,(H,19,23)(H,20,24)/t15-/m0/s1. The monoisotopic (exact) mass is 391 g/mol. The van der Waals surface area contributed by atoms with Crippen molar-refractivity contribution in [2.75, 3.05) is 66.4 Å². The quantitative estimate of drug-likeness (QED) is 0.150. The lowest BCUT2D eigenvalue weighted by Gasteiger charge is -2.09. The molecular formula is C17H33N3O7. The molecule has 4 N–H and O–H groups in total. The molecule has 0 aliphatic carbocycles. The third kappa shape index (κ3) is 17.6. The van der Waals surface area contributed by atoms with Crippen LogP contribution < -0.4 is 16.0 Å². The predicted octanol–water partition coefficient (Wildman–Crippen LogP) is -1.78. The average molecular weight is 391 g/mol. The van der Waals surface area contributed by atoms with Gasteiger partial charge in [-0.2, -0.15) is 0 Å². The SMILES string of the molecule is CN[C@H](C=O)CCCCNC(=O)COCCOCCNC(=O)COCCO. The van der Waals surface area contributed by atoms with Crippen molar-refractivity contribution in [2.45, 2.75) is 25.3 Å². The maximum atomic E-state index is 11.6. The van der Waals surface area contributed by atoms with Gasteiger partial charge in [-0.15, -0.1) is 0 Å². The summed E-state index contributed by atoms with van der Waals surface area (Å²) in [5, 5.41) is 16.7. The van der Waals surface area contributed by atoms with E-state index in [1.807, 2.05) is 0 Å². The van der Waals surface area contributed by atoms with Crippen LogP contribution in [0.25, 0.3) is 0 Å². The molecule has 0 aromatic heterocycles. The maximum Gasteiger partial charge on any atom is 0.246 e. The van der Waals surface area contributed by atoms with E-state index in [1.54, 1.807) is 7.05 Å². The number of carbonyl (C=O) groups excluding carboxylic acids is 3. The number of hydrogen-bond acceptors (Lipinski definition) is 8. The summed E-state index contributed by atoms with van der Waals surface area (Å²) < 4.78 is 15.3. The van der Waals surface area contributed by atoms with E-state index >= 15 is 0 Å². The minimum absolute atomic E-state index is 0.0320. The number of aliphatic hydroxyl groups excluding tert-OH is 1. The molecule has 0 saturated heterocycles. The Kier molecular flexibility index (Phi) is 18.0. The maximum absolute atomic E-state index is 11.6. The lowest BCUT2D eigenvalue weighted by atomic mass is 10.1. The molecular weight excluding hydrogens is 358 g/mol. The molecule has 0 aromatic rings. The lowest BCUT2D eigenvalue weighted by Crippen LogP contribution is -2.31. The van der Waals surface area contributed by atoms with E-state index in [4.69, 9.17) is 19.3 Å². The number of aldehydes is 1. The van der Waals surface area contributed by atoms with E-state index in [9.17, 15) is 14.4 Å². The fourth-order valence-corrected chi connectivity index (χ4v) is 1.98. The molecule has 0 aliphatic heterocycles. The third-order valence-corrected chi connectivity index (χ3v) is 3.44. The van der Waals surface area contributed by atoms with Crippen LogP contribution in [0.4, 0.5) is 0 Å². The molecule has 0 aromatic carbocycles. The average Bonchev–Trinajstić information content (AvgIpc) is 2.67. The minimum atomic E-state index is -0.271. The number of hydrogen-bond donors (Lipinski definition) is 4. The second-order valence-corrected chi connectivity index (χ2v) is 5.67. The number of unbranched alkanes of at least 4 members (excludes halogenated alkanes) is 1. The van der Waals surface area contributed by atoms with Crippen molar-refractivity contribution in [1.29, 1.82) is 0 Å². The summed E-state index contributed by atoms with van der Waals surface area (Å²) in [6.45, 7) is 1.72. The molecule has 10 nitrogen and oxygen atoms in total. The van der Waals surface area contributed by atoms with Crippen molar-refractivity contribution in [1.82, 2.24) is 16.0 Å². The Morgan fingerprint density at radius 1 is 0.926 bits per heavy atom. The van der Waals surface area contributed by atoms with Gasteiger partial charge in [0.2, 0.25) is 11.8 Å². The zero-order valence-electron chi connectivity index (χ0n) is 16.0. The molecule has 0 aliphatic rings. The van der Waals surface area contributed by atoms with Gasteiger partial charge in [0.05, 0.1) is 39.1 Å². The number of rotatable bonds is 19. The second-order valence-electron chi connectivity index (χ2n) is 5.67. The Hall–Kier alpha value is -1.59. The van der Waals surface area contributed by atoms with Crippen molar-refractivity contribution >= 4 is 18.1 Å². The van der Waals surface area contributed by atoms with Gasteiger partial charge in [0.1, 0.15) is 19.5 Å². The first-order valence-electron chi connectivity index (χ1n) is 9.14. The zero-order chi connectivity index (χ0) is 20.2. The molecule has 158 valence electrons. The number of aliphatic hydroxyl groups is 1. The molecule has 10 heteroatoms. The van der Waals surface area contributed by atoms with Crippen molar-refractivity contribution in [3.05, 3.63) is 0 Å². The molecule has 0 bridgehead atoms. The Balaban J connectivity index is 3.34. The van der Waals surface area contributed by atoms with Crippen LogP contribution in [-0.2, 0) is 28.6 Å². The van der Waals surface area contributed by atoms with Crippen LogP contribution in [0, 0.1) is 0 Å². The van der Waals surface area contributed by atoms with Crippen LogP contribution in [-0.4, -0.2) is 95.6 Å². The van der Waals surface area contributed by atoms with Crippen molar-refractivity contribution in [2.24, 2.45) is 0 Å². The van der Waals surface area contributed by atoms with Gasteiger partial charge in [-0.25, -0.2) is 0 Å². The van der Waals surface area contributed by atoms with E-state index in [0.29, 0.717) is 26.3 Å². The highest BCUT2D eigenvalue weighted by Crippen LogP contribution is 1.97. The third-order valence-electron chi connectivity index (χ3n) is 3.44. The number of ether oxygens (including phenoxy) is 3. The topological polar surface area (TPSA) is 135 Å². The normalized spacial score (nSPS) is 11.8. The zero-order valence-corrected chi connectivity index (χ0v) is 16.0. The number of nitrogens with one attached hydrogen (secondary N) is 3. The Morgan fingerprint density at radius 3 is 2.19 bits per heavy atom. The molecule has 0 fully saturated rings. The second kappa shape index (κ2) is 19.2. The summed E-state index contributed by atoms with van der Waals surface area (Å²) in [6, 6.07) is -0.128. The molecule has 0 heterocycles. The Morgan fingerprint density at radius 2 is 1.56 bits per heavy atom. The van der Waals surface area contributed by atoms with E-state index in [1.165, 1.54) is 0 Å². The first-order chi connectivity index (χ1) is 13.1. The highest BCUT2D eigenvalue weighted by molar-refractivity contribution is 5.77. The van der Waals surface area contributed by atoms with Gasteiger partial charge < -0.3 is 40.1 Å². The highest BCUT2D eigenvalue weighted by atomic mass is 16.5. The predicted molar refractivity (Wildman–Crippen MR) is 98.3 cm³/mol. The molecule has 2 amide bonds. The van der Waals surface area contributed by atoms with Crippen LogP contribution >= 0.6 is 0 Å². The summed E-state index contributed by atoms with van der Waals surface area (Å²) in [5.41, 5.74) is 0. The van der Waals surface area contributed by atoms with Crippen molar-refractivity contribution < 1.29 is 33.7 Å². The fraction of sp³-hybridized carbons (Fsp3) is 0.824. The first-order valence-corrected chi connectivity index (χ1v) is 9.14. The molecule has 0 rings (SSSR count). The van der Waals surface area contributed by atoms with Crippen LogP contribution in [0.3, 0.4) is 0 Å². The molecule has 0 unspecified atom stereocenters. The number of amides is 2. The summed E-state index contributed by atoms with van der Waals surface area (Å²) >= 11 is 0. The van der Waals surface area contributed by atoms with Crippen molar-refractivity contribution in [3.63, 3.8) is 0 Å². The molecule has 0 radical (unpaired) electrons. The van der Waals surface area contributed by atoms with E-state index in [-0.39, 0.29) is 50.9 Å². The molecule has 0 spiro atoms. The molecule has 0 saturated carbocycles. The lowest BCUT2D eigenvalue weighted by molar-refractivity contribution is -0.127. The van der Waals surface area contributed by atoms with Crippen LogP contribution in [0.5, 0.6) is 0 Å². The summed E-state index contributed by atoms with van der Waals surface area (Å²) in [6.07, 6.45) is 3.29. The van der Waals surface area contributed by atoms with Gasteiger partial charge in [0.15, 0.2) is 0 Å². The van der Waals surface area contributed by atoms with Crippen LogP contribution in [0.15, 0.2) is 0 Å². The summed E-state index contributed by atoms with van der Waals surface area (Å²) in [5.74, 6) is -0.460. The Bertz CT molecular complexity index is 397. The summed E-state index contributed by atoms with van der Waals surface area (Å²) in [7, 11) is 1.74. The first kappa shape index (κ1) is 25.4. The van der Waals surface area contributed by atoms with Crippen molar-refractivity contribution in [3.8, 4) is 0 Å². The van der Waals surface area contributed by atoms with Gasteiger partial charge in [-0.3, -0.25) is 9.59 Å². The van der Waals surface area contributed by atoms with Crippen LogP contribution in [0.2, 0.25) is 0 Å². The molecule has 1 atom stereocenters. The van der Waals surface area contributed by atoms with Gasteiger partial charge in [0, 0.05) is 13.1 Å². The van der Waals surface area contributed by atoms with Gasteiger partial charge in [-0.05, 0) is 26.3 Å². The van der Waals surface area contributed by atoms with E-state index in [2.05, 4.69) is 16.0 Å². The van der Waals surface area contributed by atoms with Gasteiger partial charge in [0.25, 0.3) is 0 Å². The number of likely N-dealkylation sites (N-methyl/N-ethyl adjacent to an activating group) is 1.